The van der Waals surface area contributed by atoms with Gasteiger partial charge in [-0.1, -0.05) is 6.92 Å². The minimum absolute atomic E-state index is 0.122. The van der Waals surface area contributed by atoms with Crippen molar-refractivity contribution in [1.82, 2.24) is 0 Å². The van der Waals surface area contributed by atoms with Crippen LogP contribution in [0.3, 0.4) is 0 Å². The Labute approximate surface area is 49.4 Å². The Hall–Kier alpha value is -0.330. The second-order valence-electron chi connectivity index (χ2n) is 2.40. The highest BCUT2D eigenvalue weighted by atomic mass is 19.1. The van der Waals surface area contributed by atoms with Gasteiger partial charge in [-0.2, -0.15) is 0 Å². The lowest BCUT2D eigenvalue weighted by Gasteiger charge is -2.24. The molecule has 0 heterocycles. The molecule has 1 aliphatic rings. The van der Waals surface area contributed by atoms with E-state index in [0.29, 0.717) is 12.3 Å². The molecule has 0 saturated carbocycles. The summed E-state index contributed by atoms with van der Waals surface area (Å²) in [5.74, 6) is 0.687. The molecule has 8 heavy (non-hydrogen) atoms. The topological polar surface area (TPSA) is 0 Å². The standard InChI is InChI=1S/C7H11F/c1-3-6-4-7(8)5(6)2/h6H,3-4H2,1-2H3. The van der Waals surface area contributed by atoms with Crippen molar-refractivity contribution in [2.45, 2.75) is 26.7 Å². The summed E-state index contributed by atoms with van der Waals surface area (Å²) >= 11 is 0. The van der Waals surface area contributed by atoms with Crippen molar-refractivity contribution < 1.29 is 4.39 Å². The normalized spacial score (nSPS) is 28.1. The summed E-state index contributed by atoms with van der Waals surface area (Å²) in [5.41, 5.74) is 0.979. The van der Waals surface area contributed by atoms with E-state index in [1.165, 1.54) is 0 Å². The van der Waals surface area contributed by atoms with E-state index < -0.39 is 0 Å². The molecule has 46 valence electrons. The quantitative estimate of drug-likeness (QED) is 0.491. The van der Waals surface area contributed by atoms with E-state index in [-0.39, 0.29) is 5.83 Å². The van der Waals surface area contributed by atoms with Crippen molar-refractivity contribution in [3.8, 4) is 0 Å². The number of halogens is 1. The van der Waals surface area contributed by atoms with E-state index in [4.69, 9.17) is 0 Å². The van der Waals surface area contributed by atoms with Crippen LogP contribution in [0, 0.1) is 5.92 Å². The monoisotopic (exact) mass is 114 g/mol. The number of rotatable bonds is 1. The molecule has 0 amide bonds. The van der Waals surface area contributed by atoms with Gasteiger partial charge in [0.1, 0.15) is 0 Å². The fourth-order valence-corrected chi connectivity index (χ4v) is 1.07. The molecular weight excluding hydrogens is 103 g/mol. The molecule has 0 nitrogen and oxygen atoms in total. The number of allylic oxidation sites excluding steroid dienone is 2. The first-order valence-electron chi connectivity index (χ1n) is 3.10. The summed E-state index contributed by atoms with van der Waals surface area (Å²) in [6, 6.07) is 0. The maximum atomic E-state index is 12.2. The lowest BCUT2D eigenvalue weighted by Crippen LogP contribution is -2.12. The maximum Gasteiger partial charge on any atom is 0.0997 e. The summed E-state index contributed by atoms with van der Waals surface area (Å²) in [6.07, 6.45) is 1.79. The zero-order chi connectivity index (χ0) is 6.15. The van der Waals surface area contributed by atoms with Gasteiger partial charge < -0.3 is 0 Å². The van der Waals surface area contributed by atoms with Gasteiger partial charge in [-0.3, -0.25) is 0 Å². The van der Waals surface area contributed by atoms with Gasteiger partial charge in [-0.25, -0.2) is 4.39 Å². The van der Waals surface area contributed by atoms with Gasteiger partial charge in [0, 0.05) is 6.42 Å². The number of hydrogen-bond donors (Lipinski definition) is 0. The molecule has 0 aromatic heterocycles. The fourth-order valence-electron chi connectivity index (χ4n) is 1.07. The second kappa shape index (κ2) is 1.88. The molecule has 0 aromatic rings. The van der Waals surface area contributed by atoms with Crippen LogP contribution in [-0.2, 0) is 0 Å². The Bertz CT molecular complexity index is 124. The fraction of sp³-hybridized carbons (Fsp3) is 0.714. The zero-order valence-electron chi connectivity index (χ0n) is 5.37. The molecule has 1 atom stereocenters. The minimum Gasteiger partial charge on any atom is -0.212 e. The van der Waals surface area contributed by atoms with Crippen molar-refractivity contribution in [1.29, 1.82) is 0 Å². The van der Waals surface area contributed by atoms with Crippen LogP contribution >= 0.6 is 0 Å². The van der Waals surface area contributed by atoms with E-state index in [1.54, 1.807) is 0 Å². The van der Waals surface area contributed by atoms with E-state index in [0.717, 1.165) is 12.0 Å². The second-order valence-corrected chi connectivity index (χ2v) is 2.40. The minimum atomic E-state index is 0.122. The van der Waals surface area contributed by atoms with Crippen LogP contribution < -0.4 is 0 Å². The summed E-state index contributed by atoms with van der Waals surface area (Å²) < 4.78 is 12.2. The van der Waals surface area contributed by atoms with Crippen molar-refractivity contribution in [3.63, 3.8) is 0 Å². The molecule has 0 bridgehead atoms. The average molecular weight is 114 g/mol. The molecule has 0 aliphatic heterocycles. The first-order chi connectivity index (χ1) is 3.75. The Kier molecular flexibility index (Phi) is 1.37. The lowest BCUT2D eigenvalue weighted by molar-refractivity contribution is 0.408. The molecule has 1 rings (SSSR count). The first kappa shape index (κ1) is 5.80. The van der Waals surface area contributed by atoms with Crippen molar-refractivity contribution in [2.75, 3.05) is 0 Å². The van der Waals surface area contributed by atoms with E-state index in [2.05, 4.69) is 6.92 Å². The highest BCUT2D eigenvalue weighted by molar-refractivity contribution is 5.20. The molecular formula is C7H11F. The third-order valence-electron chi connectivity index (χ3n) is 1.96. The SMILES string of the molecule is CCC1CC(F)=C1C. The molecule has 0 saturated heterocycles. The molecule has 1 heteroatoms. The lowest BCUT2D eigenvalue weighted by atomic mass is 9.83. The third-order valence-corrected chi connectivity index (χ3v) is 1.96. The first-order valence-corrected chi connectivity index (χ1v) is 3.10. The van der Waals surface area contributed by atoms with Crippen LogP contribution in [0.2, 0.25) is 0 Å². The Morgan fingerprint density at radius 3 is 2.50 bits per heavy atom. The molecule has 0 N–H and O–H groups in total. The Morgan fingerprint density at radius 1 is 1.75 bits per heavy atom. The van der Waals surface area contributed by atoms with Crippen LogP contribution in [0.1, 0.15) is 26.7 Å². The van der Waals surface area contributed by atoms with Gasteiger partial charge in [0.25, 0.3) is 0 Å². The van der Waals surface area contributed by atoms with Crippen molar-refractivity contribution in [2.24, 2.45) is 5.92 Å². The van der Waals surface area contributed by atoms with Gasteiger partial charge in [0.2, 0.25) is 0 Å². The third kappa shape index (κ3) is 0.662. The molecule has 0 radical (unpaired) electrons. The maximum absolute atomic E-state index is 12.2. The van der Waals surface area contributed by atoms with Crippen LogP contribution in [0.25, 0.3) is 0 Å². The molecule has 0 fully saturated rings. The van der Waals surface area contributed by atoms with E-state index in [1.807, 2.05) is 6.92 Å². The average Bonchev–Trinajstić information content (AvgIpc) is 1.81. The molecule has 1 unspecified atom stereocenters. The van der Waals surface area contributed by atoms with Gasteiger partial charge in [-0.15, -0.1) is 0 Å². The summed E-state index contributed by atoms with van der Waals surface area (Å²) in [5, 5.41) is 0. The van der Waals surface area contributed by atoms with E-state index >= 15 is 0 Å². The van der Waals surface area contributed by atoms with E-state index in [9.17, 15) is 4.39 Å². The summed E-state index contributed by atoms with van der Waals surface area (Å²) in [6.45, 7) is 3.98. The van der Waals surface area contributed by atoms with Gasteiger partial charge in [-0.05, 0) is 24.8 Å². The number of hydrogen-bond acceptors (Lipinski definition) is 0. The van der Waals surface area contributed by atoms with Crippen LogP contribution in [0.15, 0.2) is 11.4 Å². The smallest absolute Gasteiger partial charge is 0.0997 e. The van der Waals surface area contributed by atoms with Crippen LogP contribution in [0.4, 0.5) is 4.39 Å². The van der Waals surface area contributed by atoms with Crippen LogP contribution in [0.5, 0.6) is 0 Å². The predicted molar refractivity (Wildman–Crippen MR) is 32.2 cm³/mol. The molecule has 0 aromatic carbocycles. The predicted octanol–water partition coefficient (Wildman–Crippen LogP) is 2.66. The Morgan fingerprint density at radius 2 is 2.38 bits per heavy atom. The van der Waals surface area contributed by atoms with Crippen LogP contribution in [-0.4, -0.2) is 0 Å². The van der Waals surface area contributed by atoms with Gasteiger partial charge in [0.05, 0.1) is 5.83 Å². The zero-order valence-corrected chi connectivity index (χ0v) is 5.37. The summed E-state index contributed by atoms with van der Waals surface area (Å²) in [4.78, 5) is 0. The van der Waals surface area contributed by atoms with Crippen molar-refractivity contribution in [3.05, 3.63) is 11.4 Å². The van der Waals surface area contributed by atoms with Gasteiger partial charge >= 0.3 is 0 Å². The Balaban J connectivity index is 2.52. The largest absolute Gasteiger partial charge is 0.212 e. The molecule has 1 aliphatic carbocycles. The highest BCUT2D eigenvalue weighted by Crippen LogP contribution is 2.36. The van der Waals surface area contributed by atoms with Gasteiger partial charge in [0.15, 0.2) is 0 Å². The highest BCUT2D eigenvalue weighted by Gasteiger charge is 2.23. The van der Waals surface area contributed by atoms with Crippen molar-refractivity contribution >= 4 is 0 Å². The molecule has 0 spiro atoms. The summed E-state index contributed by atoms with van der Waals surface area (Å²) in [7, 11) is 0.